The van der Waals surface area contributed by atoms with Crippen molar-refractivity contribution < 1.29 is 4.79 Å². The molecule has 1 aromatic carbocycles. The first-order valence-electron chi connectivity index (χ1n) is 9.92. The molecular formula is C23H18ClN7O. The number of rotatable bonds is 4. The summed E-state index contributed by atoms with van der Waals surface area (Å²) in [6, 6.07) is 14.1. The number of nitrogens with one attached hydrogen (secondary N) is 2. The van der Waals surface area contributed by atoms with Crippen molar-refractivity contribution in [2.75, 3.05) is 10.6 Å². The van der Waals surface area contributed by atoms with Crippen molar-refractivity contribution >= 4 is 29.1 Å². The summed E-state index contributed by atoms with van der Waals surface area (Å²) >= 11 is 6.16. The van der Waals surface area contributed by atoms with Gasteiger partial charge in [0, 0.05) is 34.9 Å². The highest BCUT2D eigenvalue weighted by atomic mass is 35.5. The Morgan fingerprint density at radius 2 is 1.91 bits per heavy atom. The molecule has 0 saturated heterocycles. The van der Waals surface area contributed by atoms with Gasteiger partial charge in [-0.25, -0.2) is 4.68 Å². The molecule has 0 spiro atoms. The Morgan fingerprint density at radius 1 is 1.09 bits per heavy atom. The molecule has 158 valence electrons. The van der Waals surface area contributed by atoms with Crippen LogP contribution in [0.15, 0.2) is 84.6 Å². The number of aromatic nitrogens is 5. The van der Waals surface area contributed by atoms with Gasteiger partial charge in [-0.2, -0.15) is 4.98 Å². The largest absolute Gasteiger partial charge is 0.328 e. The van der Waals surface area contributed by atoms with E-state index in [9.17, 15) is 4.79 Å². The van der Waals surface area contributed by atoms with Crippen molar-refractivity contribution in [3.05, 3.63) is 95.2 Å². The molecule has 4 aromatic rings. The molecule has 5 rings (SSSR count). The quantitative estimate of drug-likeness (QED) is 0.487. The fourth-order valence-corrected chi connectivity index (χ4v) is 3.87. The molecule has 1 aliphatic rings. The van der Waals surface area contributed by atoms with Crippen LogP contribution >= 0.6 is 11.6 Å². The number of anilines is 2. The predicted octanol–water partition coefficient (Wildman–Crippen LogP) is 4.32. The molecular weight excluding hydrogens is 426 g/mol. The summed E-state index contributed by atoms with van der Waals surface area (Å²) < 4.78 is 1.71. The Bertz CT molecular complexity index is 1320. The van der Waals surface area contributed by atoms with Gasteiger partial charge < -0.3 is 10.6 Å². The number of pyridine rings is 2. The number of carbonyl (C=O) groups excluding carboxylic acids is 1. The molecule has 0 aliphatic carbocycles. The van der Waals surface area contributed by atoms with Crippen LogP contribution < -0.4 is 10.6 Å². The number of benzene rings is 1. The topological polar surface area (TPSA) is 97.6 Å². The second kappa shape index (κ2) is 8.24. The number of nitrogens with zero attached hydrogens (tertiary/aromatic N) is 5. The average Bonchev–Trinajstić information content (AvgIpc) is 3.23. The van der Waals surface area contributed by atoms with Crippen molar-refractivity contribution in [3.63, 3.8) is 0 Å². The number of halogens is 1. The number of fused-ring (bicyclic) bond motifs is 1. The molecule has 1 aliphatic heterocycles. The van der Waals surface area contributed by atoms with Crippen LogP contribution in [0, 0.1) is 0 Å². The lowest BCUT2D eigenvalue weighted by molar-refractivity contribution is -0.113. The SMILES string of the molecule is CC1=C(C(=O)Nc2cccnc2)C(c2cccnc2)n2nc(-c3cccc(Cl)c3)nc2N1. The van der Waals surface area contributed by atoms with E-state index in [2.05, 4.69) is 25.6 Å². The second-order valence-corrected chi connectivity index (χ2v) is 7.70. The smallest absolute Gasteiger partial charge is 0.255 e. The molecule has 1 atom stereocenters. The molecule has 1 amide bonds. The van der Waals surface area contributed by atoms with E-state index in [4.69, 9.17) is 16.7 Å². The zero-order valence-electron chi connectivity index (χ0n) is 17.0. The van der Waals surface area contributed by atoms with Crippen molar-refractivity contribution in [1.29, 1.82) is 0 Å². The van der Waals surface area contributed by atoms with E-state index in [1.54, 1.807) is 53.7 Å². The molecule has 0 saturated carbocycles. The average molecular weight is 444 g/mol. The lowest BCUT2D eigenvalue weighted by Gasteiger charge is -2.28. The summed E-state index contributed by atoms with van der Waals surface area (Å²) in [6.07, 6.45) is 6.67. The Balaban J connectivity index is 1.60. The van der Waals surface area contributed by atoms with Gasteiger partial charge in [0.1, 0.15) is 6.04 Å². The Labute approximate surface area is 189 Å². The molecule has 32 heavy (non-hydrogen) atoms. The molecule has 0 bridgehead atoms. The highest BCUT2D eigenvalue weighted by Crippen LogP contribution is 2.36. The van der Waals surface area contributed by atoms with Gasteiger partial charge in [0.25, 0.3) is 5.91 Å². The highest BCUT2D eigenvalue weighted by molar-refractivity contribution is 6.30. The summed E-state index contributed by atoms with van der Waals surface area (Å²) in [5.41, 5.74) is 3.39. The number of hydrogen-bond donors (Lipinski definition) is 2. The van der Waals surface area contributed by atoms with Gasteiger partial charge in [0.05, 0.1) is 17.5 Å². The molecule has 9 heteroatoms. The molecule has 0 radical (unpaired) electrons. The molecule has 0 fully saturated rings. The zero-order valence-corrected chi connectivity index (χ0v) is 17.8. The third-order valence-electron chi connectivity index (χ3n) is 5.10. The van der Waals surface area contributed by atoms with E-state index in [1.807, 2.05) is 31.2 Å². The van der Waals surface area contributed by atoms with Gasteiger partial charge in [-0.05, 0) is 42.8 Å². The van der Waals surface area contributed by atoms with Gasteiger partial charge >= 0.3 is 0 Å². The van der Waals surface area contributed by atoms with Crippen LogP contribution in [-0.2, 0) is 4.79 Å². The van der Waals surface area contributed by atoms with Gasteiger partial charge in [-0.15, -0.1) is 5.10 Å². The summed E-state index contributed by atoms with van der Waals surface area (Å²) in [6.45, 7) is 1.85. The van der Waals surface area contributed by atoms with Gasteiger partial charge in [-0.1, -0.05) is 29.8 Å². The van der Waals surface area contributed by atoms with Gasteiger partial charge in [-0.3, -0.25) is 14.8 Å². The Morgan fingerprint density at radius 3 is 2.62 bits per heavy atom. The standard InChI is InChI=1S/C23H18ClN7O/c1-14-19(22(32)28-18-8-4-10-26-13-18)20(16-6-3-9-25-12-16)31-23(27-14)29-21(30-31)15-5-2-7-17(24)11-15/h2-13,20H,1H3,(H,28,32)(H,27,29,30). The number of allylic oxidation sites excluding steroid dienone is 1. The summed E-state index contributed by atoms with van der Waals surface area (Å²) in [7, 11) is 0. The molecule has 4 heterocycles. The summed E-state index contributed by atoms with van der Waals surface area (Å²) in [4.78, 5) is 26.3. The minimum atomic E-state index is -0.517. The normalized spacial score (nSPS) is 15.1. The van der Waals surface area contributed by atoms with Crippen molar-refractivity contribution in [3.8, 4) is 11.4 Å². The van der Waals surface area contributed by atoms with Gasteiger partial charge in [0.2, 0.25) is 5.95 Å². The maximum absolute atomic E-state index is 13.4. The van der Waals surface area contributed by atoms with Crippen LogP contribution in [0.1, 0.15) is 18.5 Å². The zero-order chi connectivity index (χ0) is 22.1. The van der Waals surface area contributed by atoms with E-state index in [1.165, 1.54) is 0 Å². The third-order valence-corrected chi connectivity index (χ3v) is 5.33. The Kier molecular flexibility index (Phi) is 5.12. The van der Waals surface area contributed by atoms with E-state index in [-0.39, 0.29) is 5.91 Å². The van der Waals surface area contributed by atoms with Crippen LogP contribution in [0.2, 0.25) is 5.02 Å². The summed E-state index contributed by atoms with van der Waals surface area (Å²) in [5.74, 6) is 0.775. The van der Waals surface area contributed by atoms with E-state index in [0.29, 0.717) is 33.8 Å². The predicted molar refractivity (Wildman–Crippen MR) is 122 cm³/mol. The number of amides is 1. The molecule has 3 aromatic heterocycles. The molecule has 2 N–H and O–H groups in total. The van der Waals surface area contributed by atoms with Crippen LogP contribution in [0.25, 0.3) is 11.4 Å². The van der Waals surface area contributed by atoms with Crippen LogP contribution in [0.5, 0.6) is 0 Å². The van der Waals surface area contributed by atoms with E-state index < -0.39 is 6.04 Å². The van der Waals surface area contributed by atoms with E-state index >= 15 is 0 Å². The number of hydrogen-bond acceptors (Lipinski definition) is 6. The van der Waals surface area contributed by atoms with Gasteiger partial charge in [0.15, 0.2) is 5.82 Å². The summed E-state index contributed by atoms with van der Waals surface area (Å²) in [5, 5.41) is 11.5. The van der Waals surface area contributed by atoms with E-state index in [0.717, 1.165) is 11.1 Å². The van der Waals surface area contributed by atoms with Crippen LogP contribution in [-0.4, -0.2) is 30.6 Å². The maximum atomic E-state index is 13.4. The first kappa shape index (κ1) is 19.9. The van der Waals surface area contributed by atoms with Crippen molar-refractivity contribution in [1.82, 2.24) is 24.7 Å². The fourth-order valence-electron chi connectivity index (χ4n) is 3.68. The second-order valence-electron chi connectivity index (χ2n) is 7.26. The van der Waals surface area contributed by atoms with Crippen LogP contribution in [0.4, 0.5) is 11.6 Å². The lowest BCUT2D eigenvalue weighted by atomic mass is 9.96. The van der Waals surface area contributed by atoms with Crippen LogP contribution in [0.3, 0.4) is 0 Å². The monoisotopic (exact) mass is 443 g/mol. The lowest BCUT2D eigenvalue weighted by Crippen LogP contribution is -2.31. The first-order chi connectivity index (χ1) is 15.6. The molecule has 8 nitrogen and oxygen atoms in total. The van der Waals surface area contributed by atoms with Crippen molar-refractivity contribution in [2.24, 2.45) is 0 Å². The minimum absolute atomic E-state index is 0.262. The third kappa shape index (κ3) is 3.72. The first-order valence-corrected chi connectivity index (χ1v) is 10.3. The Hall–Kier alpha value is -4.04. The highest BCUT2D eigenvalue weighted by Gasteiger charge is 2.34. The van der Waals surface area contributed by atoms with Crippen molar-refractivity contribution in [2.45, 2.75) is 13.0 Å². The number of carbonyl (C=O) groups is 1. The fraction of sp³-hybridized carbons (Fsp3) is 0.0870. The maximum Gasteiger partial charge on any atom is 0.255 e. The molecule has 1 unspecified atom stereocenters. The minimum Gasteiger partial charge on any atom is -0.328 e.